The van der Waals surface area contributed by atoms with Gasteiger partial charge in [0, 0.05) is 5.57 Å². The minimum Gasteiger partial charge on any atom is -0.388 e. The lowest BCUT2D eigenvalue weighted by molar-refractivity contribution is 0.253. The fourth-order valence-corrected chi connectivity index (χ4v) is 1.81. The van der Waals surface area contributed by atoms with Crippen molar-refractivity contribution in [1.82, 2.24) is 0 Å². The van der Waals surface area contributed by atoms with E-state index in [1.165, 1.54) is 5.57 Å². The lowest BCUT2D eigenvalue weighted by atomic mass is 10.0. The van der Waals surface area contributed by atoms with Crippen molar-refractivity contribution in [1.29, 1.82) is 0 Å². The van der Waals surface area contributed by atoms with Gasteiger partial charge in [0.25, 0.3) is 0 Å². The van der Waals surface area contributed by atoms with Crippen LogP contribution < -0.4 is 0 Å². The lowest BCUT2D eigenvalue weighted by Gasteiger charge is -2.07. The number of hydrogen-bond acceptors (Lipinski definition) is 1. The minimum atomic E-state index is -0.466. The zero-order chi connectivity index (χ0) is 11.8. The molecule has 1 saturated carbocycles. The van der Waals surface area contributed by atoms with E-state index in [0.29, 0.717) is 0 Å². The summed E-state index contributed by atoms with van der Waals surface area (Å²) >= 11 is 0. The van der Waals surface area contributed by atoms with Crippen molar-refractivity contribution in [2.45, 2.75) is 33.3 Å². The van der Waals surface area contributed by atoms with Crippen LogP contribution in [0.1, 0.15) is 32.8 Å². The molecule has 1 aliphatic carbocycles. The molecule has 16 heavy (non-hydrogen) atoms. The van der Waals surface area contributed by atoms with Crippen molar-refractivity contribution in [3.05, 3.63) is 47.2 Å². The summed E-state index contributed by atoms with van der Waals surface area (Å²) in [6.07, 6.45) is 0.627. The summed E-state index contributed by atoms with van der Waals surface area (Å²) in [6.45, 7) is 6.21. The summed E-state index contributed by atoms with van der Waals surface area (Å²) in [6, 6.07) is 10.00. The van der Waals surface area contributed by atoms with Gasteiger partial charge in [0.15, 0.2) is 0 Å². The molecule has 1 atom stereocenters. The van der Waals surface area contributed by atoms with Crippen molar-refractivity contribution in [3.63, 3.8) is 0 Å². The molecule has 1 aromatic carbocycles. The molecule has 0 saturated heterocycles. The molecule has 0 heterocycles. The summed E-state index contributed by atoms with van der Waals surface area (Å²) in [5.74, 6) is 0. The van der Waals surface area contributed by atoms with Gasteiger partial charge >= 0.3 is 0 Å². The molecule has 0 aromatic heterocycles. The molecule has 1 unspecified atom stereocenters. The first kappa shape index (κ1) is 11.2. The second kappa shape index (κ2) is 3.93. The van der Waals surface area contributed by atoms with Crippen LogP contribution in [0.3, 0.4) is 0 Å². The molecule has 1 aromatic rings. The quantitative estimate of drug-likeness (QED) is 0.748. The van der Waals surface area contributed by atoms with Crippen LogP contribution in [0.5, 0.6) is 0 Å². The zero-order valence-corrected chi connectivity index (χ0v) is 10.1. The average molecular weight is 214 g/mol. The van der Waals surface area contributed by atoms with E-state index in [-0.39, 0.29) is 5.41 Å². The highest BCUT2D eigenvalue weighted by Gasteiger charge is 2.39. The van der Waals surface area contributed by atoms with Crippen molar-refractivity contribution >= 4 is 5.57 Å². The van der Waals surface area contributed by atoms with Crippen molar-refractivity contribution < 1.29 is 5.11 Å². The van der Waals surface area contributed by atoms with Gasteiger partial charge in [-0.25, -0.2) is 0 Å². The molecular weight excluding hydrogens is 196 g/mol. The third kappa shape index (κ3) is 2.27. The van der Waals surface area contributed by atoms with Crippen LogP contribution in [0.4, 0.5) is 0 Å². The molecule has 1 fully saturated rings. The van der Waals surface area contributed by atoms with Gasteiger partial charge in [-0.3, -0.25) is 0 Å². The van der Waals surface area contributed by atoms with E-state index >= 15 is 0 Å². The molecule has 1 heteroatoms. The zero-order valence-electron chi connectivity index (χ0n) is 10.1. The fourth-order valence-electron chi connectivity index (χ4n) is 1.81. The van der Waals surface area contributed by atoms with E-state index in [4.69, 9.17) is 0 Å². The molecule has 1 N–H and O–H groups in total. The number of aliphatic hydroxyl groups is 1. The van der Waals surface area contributed by atoms with Crippen LogP contribution in [0.2, 0.25) is 0 Å². The van der Waals surface area contributed by atoms with E-state index in [2.05, 4.69) is 19.6 Å². The van der Waals surface area contributed by atoms with Gasteiger partial charge in [-0.15, -0.1) is 5.73 Å². The van der Waals surface area contributed by atoms with Gasteiger partial charge in [-0.2, -0.15) is 0 Å². The summed E-state index contributed by atoms with van der Waals surface area (Å²) in [7, 11) is 0. The minimum absolute atomic E-state index is 0.287. The smallest absolute Gasteiger partial charge is 0.0839 e. The van der Waals surface area contributed by atoms with Gasteiger partial charge in [0.05, 0.1) is 6.10 Å². The first-order valence-corrected chi connectivity index (χ1v) is 5.74. The van der Waals surface area contributed by atoms with Gasteiger partial charge in [-0.05, 0) is 29.9 Å². The summed E-state index contributed by atoms with van der Waals surface area (Å²) < 4.78 is 0. The molecule has 0 aliphatic heterocycles. The number of rotatable bonds is 2. The SMILES string of the molecule is CC(O)C(=C=C1CC1(C)C)c1ccccc1. The molecule has 0 amide bonds. The van der Waals surface area contributed by atoms with Gasteiger partial charge in [0.2, 0.25) is 0 Å². The van der Waals surface area contributed by atoms with E-state index in [1.54, 1.807) is 6.92 Å². The molecule has 0 radical (unpaired) electrons. The molecule has 1 aliphatic rings. The van der Waals surface area contributed by atoms with Crippen LogP contribution in [0, 0.1) is 5.41 Å². The Hall–Kier alpha value is -1.30. The number of aliphatic hydroxyl groups excluding tert-OH is 1. The fraction of sp³-hybridized carbons (Fsp3) is 0.400. The second-order valence-electron chi connectivity index (χ2n) is 5.12. The van der Waals surface area contributed by atoms with Crippen molar-refractivity contribution in [2.75, 3.05) is 0 Å². The summed E-state index contributed by atoms with van der Waals surface area (Å²) in [4.78, 5) is 0. The molecule has 0 bridgehead atoms. The second-order valence-corrected chi connectivity index (χ2v) is 5.12. The maximum Gasteiger partial charge on any atom is 0.0839 e. The Labute approximate surface area is 97.1 Å². The third-order valence-corrected chi connectivity index (χ3v) is 3.10. The van der Waals surface area contributed by atoms with Crippen molar-refractivity contribution in [3.8, 4) is 0 Å². The maximum absolute atomic E-state index is 9.80. The third-order valence-electron chi connectivity index (χ3n) is 3.10. The highest BCUT2D eigenvalue weighted by atomic mass is 16.3. The van der Waals surface area contributed by atoms with E-state index in [1.807, 2.05) is 30.3 Å². The van der Waals surface area contributed by atoms with E-state index < -0.39 is 6.10 Å². The predicted molar refractivity (Wildman–Crippen MR) is 67.0 cm³/mol. The predicted octanol–water partition coefficient (Wildman–Crippen LogP) is 3.41. The first-order valence-electron chi connectivity index (χ1n) is 5.74. The Morgan fingerprint density at radius 1 is 1.31 bits per heavy atom. The Morgan fingerprint density at radius 3 is 2.31 bits per heavy atom. The van der Waals surface area contributed by atoms with Crippen LogP contribution in [-0.4, -0.2) is 11.2 Å². The Bertz CT molecular complexity index is 446. The maximum atomic E-state index is 9.80. The lowest BCUT2D eigenvalue weighted by Crippen LogP contribution is -2.02. The molecule has 84 valence electrons. The summed E-state index contributed by atoms with van der Waals surface area (Å²) in [5.41, 5.74) is 6.95. The van der Waals surface area contributed by atoms with Gasteiger partial charge < -0.3 is 5.11 Å². The standard InChI is InChI=1S/C15H18O/c1-11(16)14(9-13-10-15(13,2)3)12-7-5-4-6-8-12/h4-8,11,16H,10H2,1-3H3. The monoisotopic (exact) mass is 214 g/mol. The Balaban J connectivity index is 2.45. The van der Waals surface area contributed by atoms with Crippen LogP contribution in [0.15, 0.2) is 41.6 Å². The molecular formula is C15H18O. The molecule has 2 rings (SSSR count). The number of hydrogen-bond donors (Lipinski definition) is 1. The first-order chi connectivity index (χ1) is 7.50. The molecule has 1 nitrogen and oxygen atoms in total. The highest BCUT2D eigenvalue weighted by molar-refractivity contribution is 5.69. The number of benzene rings is 1. The van der Waals surface area contributed by atoms with E-state index in [0.717, 1.165) is 17.6 Å². The van der Waals surface area contributed by atoms with Crippen LogP contribution >= 0.6 is 0 Å². The molecule has 0 spiro atoms. The van der Waals surface area contributed by atoms with Crippen LogP contribution in [0.25, 0.3) is 5.57 Å². The Morgan fingerprint density at radius 2 is 1.88 bits per heavy atom. The van der Waals surface area contributed by atoms with Crippen LogP contribution in [-0.2, 0) is 0 Å². The topological polar surface area (TPSA) is 20.2 Å². The normalized spacial score (nSPS) is 18.9. The highest BCUT2D eigenvalue weighted by Crippen LogP contribution is 2.50. The van der Waals surface area contributed by atoms with Crippen molar-refractivity contribution in [2.24, 2.45) is 5.41 Å². The van der Waals surface area contributed by atoms with Gasteiger partial charge in [0.1, 0.15) is 0 Å². The Kier molecular flexibility index (Phi) is 2.75. The van der Waals surface area contributed by atoms with E-state index in [9.17, 15) is 5.11 Å². The summed E-state index contributed by atoms with van der Waals surface area (Å²) in [5, 5.41) is 9.80. The largest absolute Gasteiger partial charge is 0.388 e. The average Bonchev–Trinajstić information content (AvgIpc) is 2.84. The van der Waals surface area contributed by atoms with Gasteiger partial charge in [-0.1, -0.05) is 44.2 Å².